The molecule has 0 bridgehead atoms. The zero-order valence-corrected chi connectivity index (χ0v) is 23.4. The summed E-state index contributed by atoms with van der Waals surface area (Å²) in [5.41, 5.74) is 5.94. The van der Waals surface area contributed by atoms with Crippen molar-refractivity contribution in [3.8, 4) is 11.1 Å². The van der Waals surface area contributed by atoms with Gasteiger partial charge in [0.25, 0.3) is 0 Å². The van der Waals surface area contributed by atoms with E-state index in [9.17, 15) is 9.18 Å². The fourth-order valence-corrected chi connectivity index (χ4v) is 6.82. The normalized spacial score (nSPS) is 24.1. The van der Waals surface area contributed by atoms with Crippen LogP contribution in [0.15, 0.2) is 47.0 Å². The molecule has 4 aromatic rings. The predicted octanol–water partition coefficient (Wildman–Crippen LogP) is 7.17. The molecule has 0 amide bonds. The van der Waals surface area contributed by atoms with Crippen molar-refractivity contribution in [2.45, 2.75) is 82.8 Å². The van der Waals surface area contributed by atoms with E-state index >= 15 is 0 Å². The van der Waals surface area contributed by atoms with Gasteiger partial charge in [-0.25, -0.2) is 9.37 Å². The molecule has 40 heavy (non-hydrogen) atoms. The number of esters is 1. The number of hydrogen-bond acceptors (Lipinski definition) is 6. The Labute approximate surface area is 233 Å². The number of methoxy groups -OCH3 is 1. The predicted molar refractivity (Wildman–Crippen MR) is 150 cm³/mol. The number of aromatic nitrogens is 3. The maximum atomic E-state index is 13.9. The zero-order chi connectivity index (χ0) is 27.8. The third-order valence-electron chi connectivity index (χ3n) is 8.85. The van der Waals surface area contributed by atoms with Crippen LogP contribution in [0.25, 0.3) is 22.2 Å². The SMILES string of the molecule is CO[C@H]1CC[C@H](n2c([C@@H]3CCOC(=O)CCC3c3ccc(F)cc3)nc3cc(-c4c(C)noc4C)ccc32)CC1. The molecule has 2 aromatic carbocycles. The maximum Gasteiger partial charge on any atom is 0.305 e. The molecule has 0 N–H and O–H groups in total. The van der Waals surface area contributed by atoms with Crippen LogP contribution in [0.3, 0.4) is 0 Å². The van der Waals surface area contributed by atoms with Crippen molar-refractivity contribution >= 4 is 17.0 Å². The monoisotopic (exact) mass is 545 g/mol. The molecule has 210 valence electrons. The van der Waals surface area contributed by atoms with E-state index in [0.717, 1.165) is 70.7 Å². The van der Waals surface area contributed by atoms with Crippen LogP contribution in [0.1, 0.15) is 85.7 Å². The van der Waals surface area contributed by atoms with Crippen molar-refractivity contribution in [3.05, 3.63) is 71.1 Å². The van der Waals surface area contributed by atoms with Crippen LogP contribution >= 0.6 is 0 Å². The van der Waals surface area contributed by atoms with E-state index < -0.39 is 0 Å². The van der Waals surface area contributed by atoms with Crippen LogP contribution < -0.4 is 0 Å². The number of imidazole rings is 1. The number of nitrogens with zero attached hydrogens (tertiary/aromatic N) is 3. The van der Waals surface area contributed by atoms with Crippen molar-refractivity contribution in [2.75, 3.05) is 13.7 Å². The van der Waals surface area contributed by atoms with Crippen LogP contribution in [0.4, 0.5) is 4.39 Å². The third kappa shape index (κ3) is 5.05. The minimum atomic E-state index is -0.264. The largest absolute Gasteiger partial charge is 0.466 e. The first-order valence-corrected chi connectivity index (χ1v) is 14.3. The first-order valence-electron chi connectivity index (χ1n) is 14.3. The van der Waals surface area contributed by atoms with E-state index in [4.69, 9.17) is 19.0 Å². The Kier molecular flexibility index (Phi) is 7.45. The summed E-state index contributed by atoms with van der Waals surface area (Å²) in [6.07, 6.45) is 5.90. The molecule has 1 aliphatic carbocycles. The molecule has 1 aliphatic heterocycles. The van der Waals surface area contributed by atoms with E-state index in [-0.39, 0.29) is 35.8 Å². The van der Waals surface area contributed by atoms with E-state index in [1.807, 2.05) is 26.0 Å². The van der Waals surface area contributed by atoms with Gasteiger partial charge >= 0.3 is 5.97 Å². The Morgan fingerprint density at radius 3 is 2.45 bits per heavy atom. The Hall–Kier alpha value is -3.52. The lowest BCUT2D eigenvalue weighted by Gasteiger charge is -2.34. The summed E-state index contributed by atoms with van der Waals surface area (Å²) in [6, 6.07) is 13.5. The van der Waals surface area contributed by atoms with Gasteiger partial charge in [0.2, 0.25) is 0 Å². The lowest BCUT2D eigenvalue weighted by molar-refractivity contribution is -0.144. The van der Waals surface area contributed by atoms with Gasteiger partial charge in [0.1, 0.15) is 17.4 Å². The number of rotatable bonds is 5. The number of carbonyl (C=O) groups excluding carboxylic acids is 1. The van der Waals surface area contributed by atoms with Gasteiger partial charge in [-0.2, -0.15) is 0 Å². The Bertz CT molecular complexity index is 1480. The van der Waals surface area contributed by atoms with Gasteiger partial charge in [-0.1, -0.05) is 23.4 Å². The summed E-state index contributed by atoms with van der Waals surface area (Å²) in [6.45, 7) is 4.23. The fraction of sp³-hybridized carbons (Fsp3) is 0.469. The van der Waals surface area contributed by atoms with Gasteiger partial charge in [-0.05, 0) is 93.7 Å². The number of benzene rings is 2. The molecule has 1 saturated carbocycles. The summed E-state index contributed by atoms with van der Waals surface area (Å²) in [7, 11) is 1.79. The van der Waals surface area contributed by atoms with Crippen LogP contribution in [0.5, 0.6) is 0 Å². The molecule has 0 radical (unpaired) electrons. The highest BCUT2D eigenvalue weighted by Gasteiger charge is 2.35. The Morgan fingerprint density at radius 2 is 1.75 bits per heavy atom. The van der Waals surface area contributed by atoms with Gasteiger partial charge < -0.3 is 18.6 Å². The highest BCUT2D eigenvalue weighted by molar-refractivity contribution is 5.84. The molecule has 7 nitrogen and oxygen atoms in total. The minimum absolute atomic E-state index is 0.00799. The first-order chi connectivity index (χ1) is 19.4. The smallest absolute Gasteiger partial charge is 0.305 e. The zero-order valence-electron chi connectivity index (χ0n) is 23.4. The highest BCUT2D eigenvalue weighted by atomic mass is 19.1. The molecular formula is C32H36FN3O4. The molecule has 2 aromatic heterocycles. The summed E-state index contributed by atoms with van der Waals surface area (Å²) in [5.74, 6) is 1.38. The lowest BCUT2D eigenvalue weighted by Crippen LogP contribution is -2.27. The number of aryl methyl sites for hydroxylation is 2. The van der Waals surface area contributed by atoms with Gasteiger partial charge in [0.05, 0.1) is 29.4 Å². The second-order valence-corrected chi connectivity index (χ2v) is 11.2. The second-order valence-electron chi connectivity index (χ2n) is 11.2. The van der Waals surface area contributed by atoms with Crippen molar-refractivity contribution in [3.63, 3.8) is 0 Å². The molecule has 1 unspecified atom stereocenters. The number of carbonyl (C=O) groups is 1. The number of hydrogen-bond donors (Lipinski definition) is 0. The molecular weight excluding hydrogens is 509 g/mol. The average molecular weight is 546 g/mol. The van der Waals surface area contributed by atoms with Crippen molar-refractivity contribution in [2.24, 2.45) is 0 Å². The second kappa shape index (κ2) is 11.2. The van der Waals surface area contributed by atoms with Gasteiger partial charge in [0, 0.05) is 31.1 Å². The third-order valence-corrected chi connectivity index (χ3v) is 8.85. The highest BCUT2D eigenvalue weighted by Crippen LogP contribution is 2.44. The molecule has 3 heterocycles. The fourth-order valence-electron chi connectivity index (χ4n) is 6.82. The molecule has 0 spiro atoms. The standard InChI is InChI=1S/C32H36FN3O4/c1-19-31(20(2)40-35-19)22-6-14-29-28(18-22)34-32(36(29)24-9-11-25(38-3)12-10-24)27-16-17-39-30(37)15-13-26(27)21-4-7-23(33)8-5-21/h4-8,14,18,24-27H,9-13,15-17H2,1-3H3/t24-,25-,26?,27-/m1/s1. The summed E-state index contributed by atoms with van der Waals surface area (Å²) >= 11 is 0. The Balaban J connectivity index is 1.49. The van der Waals surface area contributed by atoms with E-state index in [1.165, 1.54) is 12.1 Å². The molecule has 1 saturated heterocycles. The number of cyclic esters (lactones) is 1. The van der Waals surface area contributed by atoms with Crippen LogP contribution in [0, 0.1) is 19.7 Å². The Morgan fingerprint density at radius 1 is 0.975 bits per heavy atom. The van der Waals surface area contributed by atoms with Crippen molar-refractivity contribution < 1.29 is 23.2 Å². The molecule has 2 atom stereocenters. The van der Waals surface area contributed by atoms with Crippen molar-refractivity contribution in [1.82, 2.24) is 14.7 Å². The van der Waals surface area contributed by atoms with E-state index in [0.29, 0.717) is 25.9 Å². The van der Waals surface area contributed by atoms with Crippen molar-refractivity contribution in [1.29, 1.82) is 0 Å². The molecule has 2 aliphatic rings. The van der Waals surface area contributed by atoms with Gasteiger partial charge in [-0.15, -0.1) is 0 Å². The van der Waals surface area contributed by atoms with Crippen LogP contribution in [0.2, 0.25) is 0 Å². The maximum absolute atomic E-state index is 13.9. The molecule has 8 heteroatoms. The van der Waals surface area contributed by atoms with E-state index in [2.05, 4.69) is 27.9 Å². The quantitative estimate of drug-likeness (QED) is 0.247. The van der Waals surface area contributed by atoms with Gasteiger partial charge in [0.15, 0.2) is 0 Å². The van der Waals surface area contributed by atoms with E-state index in [1.54, 1.807) is 7.11 Å². The first kappa shape index (κ1) is 26.7. The lowest BCUT2D eigenvalue weighted by atomic mass is 9.79. The minimum Gasteiger partial charge on any atom is -0.466 e. The van der Waals surface area contributed by atoms with Crippen LogP contribution in [-0.4, -0.2) is 40.5 Å². The number of fused-ring (bicyclic) bond motifs is 1. The number of ether oxygens (including phenoxy) is 2. The topological polar surface area (TPSA) is 79.4 Å². The summed E-state index contributed by atoms with van der Waals surface area (Å²) in [4.78, 5) is 17.6. The van der Waals surface area contributed by atoms with Gasteiger partial charge in [-0.3, -0.25) is 4.79 Å². The average Bonchev–Trinajstić information content (AvgIpc) is 3.50. The summed E-state index contributed by atoms with van der Waals surface area (Å²) in [5, 5.41) is 4.15. The molecule has 6 rings (SSSR count). The molecule has 2 fully saturated rings. The van der Waals surface area contributed by atoms with Crippen LogP contribution in [-0.2, 0) is 14.3 Å². The summed E-state index contributed by atoms with van der Waals surface area (Å²) < 4.78 is 33.0. The number of halogens is 1.